The molecule has 0 spiro atoms. The molecular formula is C20H25ClN4O12S2. The van der Waals surface area contributed by atoms with E-state index in [4.69, 9.17) is 38.9 Å². The van der Waals surface area contributed by atoms with Crippen LogP contribution in [-0.2, 0) is 24.1 Å². The largest absolute Gasteiger partial charge is 0.493 e. The summed E-state index contributed by atoms with van der Waals surface area (Å²) in [7, 11) is 5.06. The highest BCUT2D eigenvalue weighted by molar-refractivity contribution is 8.12. The van der Waals surface area contributed by atoms with Gasteiger partial charge in [-0.2, -0.15) is 8.42 Å². The van der Waals surface area contributed by atoms with Crippen LogP contribution in [0, 0.1) is 0 Å². The molecule has 4 N–H and O–H groups in total. The molecule has 1 aliphatic heterocycles. The minimum Gasteiger partial charge on any atom is -0.493 e. The molecule has 0 aliphatic carbocycles. The summed E-state index contributed by atoms with van der Waals surface area (Å²) in [6.45, 7) is 0. The molecule has 3 rings (SSSR count). The Bertz CT molecular complexity index is 1430. The fraction of sp³-hybridized carbons (Fsp3) is 0.300. The minimum absolute atomic E-state index is 0.0376. The van der Waals surface area contributed by atoms with Crippen LogP contribution in [0.5, 0.6) is 34.5 Å². The number of methoxy groups -OCH3 is 6. The molecule has 1 heterocycles. The average molecular weight is 613 g/mol. The average Bonchev–Trinajstić information content (AvgIpc) is 2.86. The Labute approximate surface area is 228 Å². The van der Waals surface area contributed by atoms with E-state index in [-0.39, 0.29) is 27.8 Å². The van der Waals surface area contributed by atoms with E-state index in [9.17, 15) is 21.6 Å². The molecule has 2 aromatic carbocycles. The number of halogens is 1. The second kappa shape index (κ2) is 14.1. The van der Waals surface area contributed by atoms with E-state index < -0.39 is 25.3 Å². The van der Waals surface area contributed by atoms with Crippen molar-refractivity contribution in [1.82, 2.24) is 4.72 Å². The van der Waals surface area contributed by atoms with Gasteiger partial charge in [-0.15, -0.1) is 0 Å². The number of carbonyl (C=O) groups excluding carboxylic acids is 2. The number of nitrogens with one attached hydrogen (secondary N) is 2. The number of isocyanates is 1. The molecule has 16 nitrogen and oxygen atoms in total. The Hall–Kier alpha value is -4.12. The topological polar surface area (TPSA) is 220 Å². The van der Waals surface area contributed by atoms with E-state index in [1.165, 1.54) is 27.4 Å². The fourth-order valence-corrected chi connectivity index (χ4v) is 4.35. The monoisotopic (exact) mass is 612 g/mol. The number of rotatable bonds is 7. The summed E-state index contributed by atoms with van der Waals surface area (Å²) in [5.41, 5.74) is 6.26. The second-order valence-electron chi connectivity index (χ2n) is 6.63. The molecular weight excluding hydrogens is 588 g/mol. The van der Waals surface area contributed by atoms with Crippen LogP contribution in [0.25, 0.3) is 0 Å². The van der Waals surface area contributed by atoms with Crippen LogP contribution < -0.4 is 44.2 Å². The fourth-order valence-electron chi connectivity index (χ4n) is 2.96. The van der Waals surface area contributed by atoms with Crippen molar-refractivity contribution in [3.63, 3.8) is 0 Å². The lowest BCUT2D eigenvalue weighted by atomic mass is 10.2. The van der Waals surface area contributed by atoms with Gasteiger partial charge in [0.15, 0.2) is 27.9 Å². The number of benzene rings is 2. The lowest BCUT2D eigenvalue weighted by Gasteiger charge is -2.23. The van der Waals surface area contributed by atoms with Crippen LogP contribution in [0.2, 0.25) is 0 Å². The number of anilines is 2. The molecule has 0 saturated carbocycles. The van der Waals surface area contributed by atoms with Gasteiger partial charge >= 0.3 is 15.3 Å². The number of amides is 2. The van der Waals surface area contributed by atoms with Crippen LogP contribution in [0.3, 0.4) is 0 Å². The number of hydrogen-bond donors (Lipinski definition) is 3. The molecule has 2 aromatic rings. The first-order valence-corrected chi connectivity index (χ1v) is 13.7. The van der Waals surface area contributed by atoms with Gasteiger partial charge in [-0.3, -0.25) is 0 Å². The summed E-state index contributed by atoms with van der Waals surface area (Å²) < 4.78 is 77.6. The molecule has 0 atom stereocenters. The zero-order valence-electron chi connectivity index (χ0n) is 21.4. The number of nitrogens with zero attached hydrogens (tertiary/aromatic N) is 1. The number of nitrogen functional groups attached to an aromatic ring is 1. The predicted molar refractivity (Wildman–Crippen MR) is 139 cm³/mol. The highest BCUT2D eigenvalue weighted by atomic mass is 35.7. The lowest BCUT2D eigenvalue weighted by molar-refractivity contribution is 0.256. The van der Waals surface area contributed by atoms with Gasteiger partial charge < -0.3 is 39.5 Å². The van der Waals surface area contributed by atoms with Gasteiger partial charge in [0, 0.05) is 34.6 Å². The minimum atomic E-state index is -4.01. The first kappa shape index (κ1) is 32.9. The Morgan fingerprint density at radius 2 is 1.31 bits per heavy atom. The van der Waals surface area contributed by atoms with Gasteiger partial charge in [-0.05, 0) is 0 Å². The van der Waals surface area contributed by atoms with Crippen LogP contribution in [0.1, 0.15) is 0 Å². The van der Waals surface area contributed by atoms with Crippen molar-refractivity contribution in [2.75, 3.05) is 53.7 Å². The third kappa shape index (κ3) is 8.71. The normalized spacial score (nSPS) is 12.6. The Kier molecular flexibility index (Phi) is 11.9. The van der Waals surface area contributed by atoms with E-state index >= 15 is 0 Å². The van der Waals surface area contributed by atoms with E-state index in [1.807, 2.05) is 4.72 Å². The van der Waals surface area contributed by atoms with Crippen molar-refractivity contribution in [2.24, 2.45) is 4.40 Å². The first-order chi connectivity index (χ1) is 18.2. The number of fused-ring (bicyclic) bond motifs is 1. The molecule has 0 saturated heterocycles. The zero-order valence-corrected chi connectivity index (χ0v) is 23.7. The van der Waals surface area contributed by atoms with Gasteiger partial charge in [0.2, 0.25) is 11.5 Å². The zero-order chi connectivity index (χ0) is 30.0. The van der Waals surface area contributed by atoms with Crippen molar-refractivity contribution in [3.8, 4) is 34.5 Å². The molecule has 39 heavy (non-hydrogen) atoms. The van der Waals surface area contributed by atoms with E-state index in [0.29, 0.717) is 22.9 Å². The maximum atomic E-state index is 12.0. The first-order valence-electron chi connectivity index (χ1n) is 9.99. The quantitative estimate of drug-likeness (QED) is 0.175. The number of sulfonamides is 1. The lowest BCUT2D eigenvalue weighted by Crippen LogP contribution is -2.39. The number of urea groups is 1. The van der Waals surface area contributed by atoms with Crippen molar-refractivity contribution >= 4 is 53.4 Å². The number of hydrogen-bond acceptors (Lipinski definition) is 13. The third-order valence-corrected chi connectivity index (χ3v) is 6.26. The number of carbonyl (C=O) groups is 1. The van der Waals surface area contributed by atoms with Crippen LogP contribution >= 0.6 is 10.7 Å². The van der Waals surface area contributed by atoms with Gasteiger partial charge in [0.25, 0.3) is 16.1 Å². The van der Waals surface area contributed by atoms with Gasteiger partial charge in [0.05, 0.1) is 48.3 Å². The van der Waals surface area contributed by atoms with Crippen molar-refractivity contribution in [3.05, 3.63) is 18.2 Å². The van der Waals surface area contributed by atoms with E-state index in [1.54, 1.807) is 33.5 Å². The summed E-state index contributed by atoms with van der Waals surface area (Å²) in [6.07, 6.45) is 0.763. The SMILES string of the molecule is COc1cc(N)cc(OC)c1OC.COc1cc2c(c(OC)c1OC)S(=O)(=O)NC(=O)N2.O=C=NS(=O)(=O)Cl. The number of nitrogens with two attached hydrogens (primary N) is 1. The molecule has 0 unspecified atom stereocenters. The van der Waals surface area contributed by atoms with Crippen molar-refractivity contribution in [1.29, 1.82) is 0 Å². The van der Waals surface area contributed by atoms with Crippen molar-refractivity contribution in [2.45, 2.75) is 4.90 Å². The molecule has 0 bridgehead atoms. The second-order valence-corrected chi connectivity index (χ2v) is 10.4. The van der Waals surface area contributed by atoms with Gasteiger partial charge in [0.1, 0.15) is 0 Å². The van der Waals surface area contributed by atoms with Gasteiger partial charge in [-0.1, -0.05) is 4.40 Å². The molecule has 216 valence electrons. The molecule has 2 amide bonds. The molecule has 0 fully saturated rings. The van der Waals surface area contributed by atoms with E-state index in [2.05, 4.69) is 20.4 Å². The highest BCUT2D eigenvalue weighted by Crippen LogP contribution is 2.47. The standard InChI is InChI=1S/C10H12N2O6S.C9H13NO3.CClNO3S/c1-16-6-4-5-9(8(18-3)7(6)17-2)19(14,15)12-10(13)11-5;1-11-7-4-6(10)5-8(12-2)9(7)13-3;2-7(5,6)3-1-4/h4H,1-3H3,(H2,11,12,13);4-5H,10H2,1-3H3;. The number of ether oxygens (including phenoxy) is 6. The van der Waals surface area contributed by atoms with Gasteiger partial charge in [-0.25, -0.2) is 22.7 Å². The van der Waals surface area contributed by atoms with E-state index in [0.717, 1.165) is 6.08 Å². The molecule has 0 radical (unpaired) electrons. The van der Waals surface area contributed by atoms with Crippen LogP contribution in [0.15, 0.2) is 27.5 Å². The highest BCUT2D eigenvalue weighted by Gasteiger charge is 2.35. The van der Waals surface area contributed by atoms with Crippen LogP contribution in [-0.4, -0.2) is 71.6 Å². The summed E-state index contributed by atoms with van der Waals surface area (Å²) in [6, 6.07) is 3.87. The smallest absolute Gasteiger partial charge is 0.350 e. The summed E-state index contributed by atoms with van der Waals surface area (Å²) in [5, 5.41) is 2.37. The molecule has 0 aromatic heterocycles. The Morgan fingerprint density at radius 1 is 0.846 bits per heavy atom. The summed E-state index contributed by atoms with van der Waals surface area (Å²) in [4.78, 5) is 20.1. The Balaban J connectivity index is 0.000000329. The summed E-state index contributed by atoms with van der Waals surface area (Å²) >= 11 is 0. The summed E-state index contributed by atoms with van der Waals surface area (Å²) in [5.74, 6) is 2.03. The molecule has 1 aliphatic rings. The van der Waals surface area contributed by atoms with Crippen LogP contribution in [0.4, 0.5) is 16.2 Å². The maximum absolute atomic E-state index is 12.0. The Morgan fingerprint density at radius 3 is 1.67 bits per heavy atom. The third-order valence-electron chi connectivity index (χ3n) is 4.36. The maximum Gasteiger partial charge on any atom is 0.350 e. The van der Waals surface area contributed by atoms with Crippen molar-refractivity contribution < 1.29 is 54.8 Å². The molecule has 19 heteroatoms. The predicted octanol–water partition coefficient (Wildman–Crippen LogP) is 1.64.